The highest BCUT2D eigenvalue weighted by Crippen LogP contribution is 2.33. The van der Waals surface area contributed by atoms with Gasteiger partial charge in [0.2, 0.25) is 0 Å². The molecule has 4 rings (SSSR count). The van der Waals surface area contributed by atoms with Crippen LogP contribution >= 0.6 is 0 Å². The number of aryl methyl sites for hydroxylation is 2. The van der Waals surface area contributed by atoms with Crippen LogP contribution in [0.5, 0.6) is 0 Å². The number of piperidine rings is 1. The van der Waals surface area contributed by atoms with Crippen LogP contribution in [0.15, 0.2) is 28.8 Å². The Balaban J connectivity index is 1.37. The van der Waals surface area contributed by atoms with Crippen molar-refractivity contribution in [3.63, 3.8) is 0 Å². The lowest BCUT2D eigenvalue weighted by atomic mass is 9.88. The average molecular weight is 343 g/mol. The van der Waals surface area contributed by atoms with Crippen molar-refractivity contribution in [2.45, 2.75) is 33.4 Å². The molecular formula is C20H26FN3O. The molecule has 2 aliphatic rings. The summed E-state index contributed by atoms with van der Waals surface area (Å²) in [4.78, 5) is 4.95. The van der Waals surface area contributed by atoms with Crippen molar-refractivity contribution in [3.8, 4) is 0 Å². The van der Waals surface area contributed by atoms with Gasteiger partial charge in [-0.1, -0.05) is 23.4 Å². The van der Waals surface area contributed by atoms with Crippen molar-refractivity contribution in [1.29, 1.82) is 0 Å². The molecule has 0 N–H and O–H groups in total. The first-order chi connectivity index (χ1) is 12.1. The van der Waals surface area contributed by atoms with E-state index in [2.05, 4.69) is 15.0 Å². The highest BCUT2D eigenvalue weighted by Gasteiger charge is 2.37. The van der Waals surface area contributed by atoms with Crippen LogP contribution in [0.2, 0.25) is 0 Å². The summed E-state index contributed by atoms with van der Waals surface area (Å²) in [6.07, 6.45) is 1.22. The molecule has 2 saturated heterocycles. The van der Waals surface area contributed by atoms with Gasteiger partial charge in [0, 0.05) is 43.9 Å². The minimum Gasteiger partial charge on any atom is -0.361 e. The third-order valence-corrected chi connectivity index (χ3v) is 5.88. The molecule has 25 heavy (non-hydrogen) atoms. The van der Waals surface area contributed by atoms with Gasteiger partial charge in [0.1, 0.15) is 11.6 Å². The number of halogens is 1. The molecule has 3 heterocycles. The monoisotopic (exact) mass is 343 g/mol. The zero-order valence-electron chi connectivity index (χ0n) is 15.0. The Hall–Kier alpha value is -1.72. The summed E-state index contributed by atoms with van der Waals surface area (Å²) in [6, 6.07) is 7.15. The first-order valence-corrected chi connectivity index (χ1v) is 9.20. The quantitative estimate of drug-likeness (QED) is 0.852. The minimum atomic E-state index is -0.0857. The molecule has 5 heteroatoms. The SMILES string of the molecule is Cc1noc(C)c1CN1CC[C@H]2CN(Cc3ccccc3F)C[C@H]2C1. The fourth-order valence-corrected chi connectivity index (χ4v) is 4.43. The van der Waals surface area contributed by atoms with Crippen LogP contribution in [-0.2, 0) is 13.1 Å². The van der Waals surface area contributed by atoms with Gasteiger partial charge in [0.25, 0.3) is 0 Å². The number of hydrogen-bond donors (Lipinski definition) is 0. The zero-order valence-corrected chi connectivity index (χ0v) is 15.0. The first kappa shape index (κ1) is 16.7. The molecule has 2 aliphatic heterocycles. The maximum atomic E-state index is 13.9. The average Bonchev–Trinajstić information content (AvgIpc) is 3.14. The number of nitrogens with zero attached hydrogens (tertiary/aromatic N) is 3. The lowest BCUT2D eigenvalue weighted by molar-refractivity contribution is 0.141. The van der Waals surface area contributed by atoms with Crippen LogP contribution in [-0.4, -0.2) is 41.1 Å². The van der Waals surface area contributed by atoms with E-state index >= 15 is 0 Å². The van der Waals surface area contributed by atoms with Crippen molar-refractivity contribution >= 4 is 0 Å². The third kappa shape index (κ3) is 3.48. The number of aromatic nitrogens is 1. The summed E-state index contributed by atoms with van der Waals surface area (Å²) in [5.74, 6) is 2.28. The summed E-state index contributed by atoms with van der Waals surface area (Å²) < 4.78 is 19.2. The normalized spacial score (nSPS) is 24.6. The van der Waals surface area contributed by atoms with E-state index in [1.807, 2.05) is 26.0 Å². The molecule has 1 aromatic carbocycles. The van der Waals surface area contributed by atoms with Crippen molar-refractivity contribution in [1.82, 2.24) is 15.0 Å². The number of hydrogen-bond acceptors (Lipinski definition) is 4. The van der Waals surface area contributed by atoms with Crippen LogP contribution in [0.4, 0.5) is 4.39 Å². The van der Waals surface area contributed by atoms with E-state index < -0.39 is 0 Å². The summed E-state index contributed by atoms with van der Waals surface area (Å²) in [7, 11) is 0. The van der Waals surface area contributed by atoms with Crippen LogP contribution in [0.3, 0.4) is 0 Å². The van der Waals surface area contributed by atoms with Gasteiger partial charge in [0.15, 0.2) is 0 Å². The lowest BCUT2D eigenvalue weighted by Gasteiger charge is -2.34. The molecule has 2 atom stereocenters. The fraction of sp³-hybridized carbons (Fsp3) is 0.550. The van der Waals surface area contributed by atoms with Crippen molar-refractivity contribution in [2.24, 2.45) is 11.8 Å². The third-order valence-electron chi connectivity index (χ3n) is 5.88. The summed E-state index contributed by atoms with van der Waals surface area (Å²) in [5, 5.41) is 4.07. The van der Waals surface area contributed by atoms with Crippen LogP contribution in [0.25, 0.3) is 0 Å². The van der Waals surface area contributed by atoms with Crippen LogP contribution in [0.1, 0.15) is 29.0 Å². The van der Waals surface area contributed by atoms with Gasteiger partial charge in [-0.15, -0.1) is 0 Å². The molecule has 4 nitrogen and oxygen atoms in total. The maximum absolute atomic E-state index is 13.9. The highest BCUT2D eigenvalue weighted by atomic mass is 19.1. The number of likely N-dealkylation sites (tertiary alicyclic amines) is 2. The van der Waals surface area contributed by atoms with E-state index in [0.29, 0.717) is 5.92 Å². The topological polar surface area (TPSA) is 32.5 Å². The Morgan fingerprint density at radius 1 is 1.08 bits per heavy atom. The molecule has 0 amide bonds. The van der Waals surface area contributed by atoms with Crippen molar-refractivity contribution in [3.05, 3.63) is 52.7 Å². The molecule has 2 aromatic rings. The smallest absolute Gasteiger partial charge is 0.138 e. The molecule has 0 aliphatic carbocycles. The zero-order chi connectivity index (χ0) is 17.4. The van der Waals surface area contributed by atoms with Crippen molar-refractivity contribution < 1.29 is 8.91 Å². The Morgan fingerprint density at radius 2 is 1.84 bits per heavy atom. The van der Waals surface area contributed by atoms with E-state index in [4.69, 9.17) is 4.52 Å². The van der Waals surface area contributed by atoms with Gasteiger partial charge >= 0.3 is 0 Å². The predicted molar refractivity (Wildman–Crippen MR) is 94.5 cm³/mol. The molecule has 0 radical (unpaired) electrons. The Bertz CT molecular complexity index is 725. The van der Waals surface area contributed by atoms with Gasteiger partial charge in [-0.25, -0.2) is 4.39 Å². The van der Waals surface area contributed by atoms with Crippen molar-refractivity contribution in [2.75, 3.05) is 26.2 Å². The van der Waals surface area contributed by atoms with Gasteiger partial charge in [0.05, 0.1) is 5.69 Å². The van der Waals surface area contributed by atoms with Crippen LogP contribution in [0, 0.1) is 31.5 Å². The van der Waals surface area contributed by atoms with Gasteiger partial charge in [-0.05, 0) is 44.7 Å². The highest BCUT2D eigenvalue weighted by molar-refractivity contribution is 5.21. The molecule has 1 aromatic heterocycles. The van der Waals surface area contributed by atoms with Gasteiger partial charge in [-0.2, -0.15) is 0 Å². The molecule has 0 bridgehead atoms. The van der Waals surface area contributed by atoms with Crippen LogP contribution < -0.4 is 0 Å². The Labute approximate surface area is 148 Å². The fourth-order valence-electron chi connectivity index (χ4n) is 4.43. The molecule has 134 valence electrons. The van der Waals surface area contributed by atoms with E-state index in [0.717, 1.165) is 62.2 Å². The van der Waals surface area contributed by atoms with Gasteiger partial charge < -0.3 is 4.52 Å². The molecule has 0 unspecified atom stereocenters. The Kier molecular flexibility index (Phi) is 4.61. The standard InChI is InChI=1S/C20H26FN3O/c1-14-19(15(2)25-22-14)13-23-8-7-16-9-24(12-18(16)11-23)10-17-5-3-4-6-20(17)21/h3-6,16,18H,7-13H2,1-2H3/t16-,18+/m0/s1. The van der Waals surface area contributed by atoms with E-state index in [1.165, 1.54) is 12.0 Å². The summed E-state index contributed by atoms with van der Waals surface area (Å²) in [5.41, 5.74) is 3.06. The molecule has 0 spiro atoms. The molecule has 0 saturated carbocycles. The Morgan fingerprint density at radius 3 is 2.60 bits per heavy atom. The van der Waals surface area contributed by atoms with E-state index in [-0.39, 0.29) is 5.82 Å². The second-order valence-electron chi connectivity index (χ2n) is 7.63. The van der Waals surface area contributed by atoms with E-state index in [9.17, 15) is 4.39 Å². The maximum Gasteiger partial charge on any atom is 0.138 e. The largest absolute Gasteiger partial charge is 0.361 e. The lowest BCUT2D eigenvalue weighted by Crippen LogP contribution is -2.39. The second-order valence-corrected chi connectivity index (χ2v) is 7.63. The first-order valence-electron chi connectivity index (χ1n) is 9.20. The number of rotatable bonds is 4. The number of fused-ring (bicyclic) bond motifs is 1. The summed E-state index contributed by atoms with van der Waals surface area (Å²) >= 11 is 0. The predicted octanol–water partition coefficient (Wildman–Crippen LogP) is 3.38. The van der Waals surface area contributed by atoms with E-state index in [1.54, 1.807) is 12.1 Å². The number of benzene rings is 1. The second kappa shape index (κ2) is 6.89. The van der Waals surface area contributed by atoms with Gasteiger partial charge in [-0.3, -0.25) is 9.80 Å². The summed E-state index contributed by atoms with van der Waals surface area (Å²) in [6.45, 7) is 10.1. The molecule has 2 fully saturated rings. The molecular weight excluding hydrogens is 317 g/mol. The minimum absolute atomic E-state index is 0.0857.